The van der Waals surface area contributed by atoms with Gasteiger partial charge in [-0.1, -0.05) is 18.2 Å². The van der Waals surface area contributed by atoms with Gasteiger partial charge in [0.2, 0.25) is 0 Å². The number of allylic oxidation sites excluding steroid dienone is 1. The Morgan fingerprint density at radius 1 is 1.11 bits per heavy atom. The number of para-hydroxylation sites is 1. The molecule has 0 bridgehead atoms. The number of carbonyl (C=O) groups excluding carboxylic acids is 2. The molecule has 0 fully saturated rings. The molecule has 2 amide bonds. The van der Waals surface area contributed by atoms with E-state index in [1.165, 1.54) is 0 Å². The number of nitrogens with one attached hydrogen (secondary N) is 2. The minimum Gasteiger partial charge on any atom is -0.506 e. The summed E-state index contributed by atoms with van der Waals surface area (Å²) in [6, 6.07) is 7.33. The number of alkyl carbamates (subject to hydrolysis) is 1. The zero-order chi connectivity index (χ0) is 20.6. The SMILES string of the molecule is CC(C)=C(O)C(=Nc1ccccc1C)C(=O)NCCNC(=O)OC(C)(C)C. The maximum atomic E-state index is 12.5. The molecule has 0 unspecified atom stereocenters. The molecule has 27 heavy (non-hydrogen) atoms. The predicted molar refractivity (Wildman–Crippen MR) is 107 cm³/mol. The first-order chi connectivity index (χ1) is 12.5. The maximum Gasteiger partial charge on any atom is 0.407 e. The molecule has 0 spiro atoms. The van der Waals surface area contributed by atoms with Gasteiger partial charge in [-0.25, -0.2) is 9.79 Å². The van der Waals surface area contributed by atoms with E-state index in [0.29, 0.717) is 11.3 Å². The van der Waals surface area contributed by atoms with Crippen LogP contribution in [0.1, 0.15) is 40.2 Å². The van der Waals surface area contributed by atoms with Crippen molar-refractivity contribution in [2.75, 3.05) is 13.1 Å². The molecule has 0 radical (unpaired) electrons. The van der Waals surface area contributed by atoms with Gasteiger partial charge in [0.15, 0.2) is 5.71 Å². The molecule has 0 saturated heterocycles. The summed E-state index contributed by atoms with van der Waals surface area (Å²) in [5, 5.41) is 15.5. The van der Waals surface area contributed by atoms with Crippen LogP contribution >= 0.6 is 0 Å². The number of hydrogen-bond donors (Lipinski definition) is 3. The number of benzene rings is 1. The molecule has 0 aliphatic carbocycles. The molecule has 0 aliphatic rings. The molecule has 0 aromatic heterocycles. The standard InChI is InChI=1S/C20H29N3O4/c1-13(2)17(24)16(23-15-10-8-7-9-14(15)3)18(25)21-11-12-22-19(26)27-20(4,5)6/h7-10,24H,11-12H2,1-6H3,(H,21,25)(H,22,26). The zero-order valence-corrected chi connectivity index (χ0v) is 16.8. The first-order valence-electron chi connectivity index (χ1n) is 8.77. The third-order valence-corrected chi connectivity index (χ3v) is 3.34. The molecule has 0 aliphatic heterocycles. The number of aliphatic hydroxyl groups is 1. The third-order valence-electron chi connectivity index (χ3n) is 3.34. The van der Waals surface area contributed by atoms with Crippen LogP contribution in [0, 0.1) is 6.92 Å². The highest BCUT2D eigenvalue weighted by molar-refractivity contribution is 6.45. The topological polar surface area (TPSA) is 100 Å². The number of ether oxygens (including phenoxy) is 1. The maximum absolute atomic E-state index is 12.5. The van der Waals surface area contributed by atoms with E-state index in [1.807, 2.05) is 25.1 Å². The van der Waals surface area contributed by atoms with E-state index in [0.717, 1.165) is 5.56 Å². The summed E-state index contributed by atoms with van der Waals surface area (Å²) in [5.41, 5.74) is 1.40. The molecule has 7 heteroatoms. The summed E-state index contributed by atoms with van der Waals surface area (Å²) >= 11 is 0. The Morgan fingerprint density at radius 3 is 2.26 bits per heavy atom. The van der Waals surface area contributed by atoms with Crippen molar-refractivity contribution in [2.45, 2.75) is 47.1 Å². The molecular formula is C20H29N3O4. The van der Waals surface area contributed by atoms with Crippen molar-refractivity contribution in [2.24, 2.45) is 4.99 Å². The van der Waals surface area contributed by atoms with Crippen molar-refractivity contribution in [3.05, 3.63) is 41.2 Å². The van der Waals surface area contributed by atoms with Crippen molar-refractivity contribution in [1.29, 1.82) is 0 Å². The second-order valence-corrected chi connectivity index (χ2v) is 7.28. The third kappa shape index (κ3) is 7.94. The van der Waals surface area contributed by atoms with Gasteiger partial charge >= 0.3 is 6.09 Å². The highest BCUT2D eigenvalue weighted by Crippen LogP contribution is 2.19. The van der Waals surface area contributed by atoms with Gasteiger partial charge in [-0.2, -0.15) is 0 Å². The van der Waals surface area contributed by atoms with Crippen LogP contribution in [0.4, 0.5) is 10.5 Å². The normalized spacial score (nSPS) is 11.6. The van der Waals surface area contributed by atoms with Crippen molar-refractivity contribution in [1.82, 2.24) is 10.6 Å². The number of carbonyl (C=O) groups is 2. The molecule has 1 rings (SSSR count). The van der Waals surface area contributed by atoms with Crippen LogP contribution < -0.4 is 10.6 Å². The molecular weight excluding hydrogens is 346 g/mol. The fourth-order valence-electron chi connectivity index (χ4n) is 2.00. The number of aliphatic hydroxyl groups excluding tert-OH is 1. The molecule has 3 N–H and O–H groups in total. The van der Waals surface area contributed by atoms with Gasteiger partial charge < -0.3 is 20.5 Å². The summed E-state index contributed by atoms with van der Waals surface area (Å²) in [7, 11) is 0. The van der Waals surface area contributed by atoms with E-state index in [2.05, 4.69) is 15.6 Å². The van der Waals surface area contributed by atoms with Crippen LogP contribution in [0.3, 0.4) is 0 Å². The summed E-state index contributed by atoms with van der Waals surface area (Å²) in [5.74, 6) is -0.696. The highest BCUT2D eigenvalue weighted by Gasteiger charge is 2.18. The van der Waals surface area contributed by atoms with Gasteiger partial charge in [0.1, 0.15) is 11.4 Å². The molecule has 1 aromatic rings. The lowest BCUT2D eigenvalue weighted by Gasteiger charge is -2.19. The lowest BCUT2D eigenvalue weighted by molar-refractivity contribution is -0.114. The van der Waals surface area contributed by atoms with Crippen LogP contribution in [-0.2, 0) is 9.53 Å². The number of nitrogens with zero attached hydrogens (tertiary/aromatic N) is 1. The molecule has 1 aromatic carbocycles. The number of aliphatic imine (C=N–C) groups is 1. The number of rotatable bonds is 6. The van der Waals surface area contributed by atoms with Crippen molar-refractivity contribution < 1.29 is 19.4 Å². The minimum atomic E-state index is -0.587. The van der Waals surface area contributed by atoms with Crippen molar-refractivity contribution in [3.63, 3.8) is 0 Å². The summed E-state index contributed by atoms with van der Waals surface area (Å²) in [6.07, 6.45) is -0.558. The van der Waals surface area contributed by atoms with Gasteiger partial charge in [-0.15, -0.1) is 0 Å². The average Bonchev–Trinajstić information content (AvgIpc) is 2.55. The van der Waals surface area contributed by atoms with E-state index in [4.69, 9.17) is 4.74 Å². The Hall–Kier alpha value is -2.83. The number of aryl methyl sites for hydroxylation is 1. The van der Waals surface area contributed by atoms with Gasteiger partial charge in [0.05, 0.1) is 5.69 Å². The molecule has 148 valence electrons. The second-order valence-electron chi connectivity index (χ2n) is 7.28. The number of amides is 2. The van der Waals surface area contributed by atoms with Crippen molar-refractivity contribution in [3.8, 4) is 0 Å². The molecule has 7 nitrogen and oxygen atoms in total. The predicted octanol–water partition coefficient (Wildman–Crippen LogP) is 3.56. The second kappa shape index (κ2) is 9.75. The van der Waals surface area contributed by atoms with Crippen LogP contribution in [0.25, 0.3) is 0 Å². The number of hydrogen-bond acceptors (Lipinski definition) is 5. The monoisotopic (exact) mass is 375 g/mol. The summed E-state index contributed by atoms with van der Waals surface area (Å²) < 4.78 is 5.12. The molecule has 0 heterocycles. The molecule has 0 saturated carbocycles. The fraction of sp³-hybridized carbons (Fsp3) is 0.450. The minimum absolute atomic E-state index is 0.0680. The van der Waals surface area contributed by atoms with Crippen LogP contribution in [0.2, 0.25) is 0 Å². The Balaban J connectivity index is 2.78. The van der Waals surface area contributed by atoms with E-state index >= 15 is 0 Å². The van der Waals surface area contributed by atoms with Gasteiger partial charge in [0.25, 0.3) is 5.91 Å². The van der Waals surface area contributed by atoms with Crippen LogP contribution in [0.5, 0.6) is 0 Å². The van der Waals surface area contributed by atoms with Gasteiger partial charge in [-0.05, 0) is 58.7 Å². The summed E-state index contributed by atoms with van der Waals surface area (Å²) in [4.78, 5) is 28.4. The quantitative estimate of drug-likeness (QED) is 0.402. The first-order valence-corrected chi connectivity index (χ1v) is 8.77. The van der Waals surface area contributed by atoms with E-state index in [1.54, 1.807) is 40.7 Å². The first kappa shape index (κ1) is 22.2. The van der Waals surface area contributed by atoms with Crippen molar-refractivity contribution >= 4 is 23.4 Å². The van der Waals surface area contributed by atoms with Gasteiger partial charge in [-0.3, -0.25) is 4.79 Å². The lowest BCUT2D eigenvalue weighted by Crippen LogP contribution is -2.40. The van der Waals surface area contributed by atoms with E-state index < -0.39 is 17.6 Å². The zero-order valence-electron chi connectivity index (χ0n) is 16.8. The van der Waals surface area contributed by atoms with Gasteiger partial charge in [0, 0.05) is 13.1 Å². The average molecular weight is 375 g/mol. The lowest BCUT2D eigenvalue weighted by atomic mass is 10.1. The van der Waals surface area contributed by atoms with E-state index in [9.17, 15) is 14.7 Å². The summed E-state index contributed by atoms with van der Waals surface area (Å²) in [6.45, 7) is 10.9. The van der Waals surface area contributed by atoms with Crippen LogP contribution in [0.15, 0.2) is 40.6 Å². The Kier molecular flexibility index (Phi) is 8.02. The smallest absolute Gasteiger partial charge is 0.407 e. The Labute approximate surface area is 160 Å². The largest absolute Gasteiger partial charge is 0.506 e. The molecule has 0 atom stereocenters. The highest BCUT2D eigenvalue weighted by atomic mass is 16.6. The Morgan fingerprint density at radius 2 is 1.70 bits per heavy atom. The van der Waals surface area contributed by atoms with Crippen LogP contribution in [-0.4, -0.2) is 41.5 Å². The Bertz CT molecular complexity index is 742. The fourth-order valence-corrected chi connectivity index (χ4v) is 2.00. The van der Waals surface area contributed by atoms with E-state index in [-0.39, 0.29) is 24.6 Å².